The maximum atomic E-state index is 10.6. The maximum absolute atomic E-state index is 10.6. The summed E-state index contributed by atoms with van der Waals surface area (Å²) in [5.41, 5.74) is 1.63. The summed E-state index contributed by atoms with van der Waals surface area (Å²) in [6.45, 7) is 3.41. The summed E-state index contributed by atoms with van der Waals surface area (Å²) in [6, 6.07) is 13.1. The summed E-state index contributed by atoms with van der Waals surface area (Å²) in [7, 11) is 4.80. The maximum Gasteiger partial charge on any atom is 0.191 e. The normalized spacial score (nSPS) is 12.2. The summed E-state index contributed by atoms with van der Waals surface area (Å²) in [5.74, 6) is 2.66. The molecular weight excluding hydrogens is 358 g/mol. The topological polar surface area (TPSA) is 84.3 Å². The van der Waals surface area contributed by atoms with Crippen LogP contribution in [0, 0.1) is 0 Å². The molecule has 2 aromatic rings. The van der Waals surface area contributed by atoms with Crippen LogP contribution < -0.4 is 24.8 Å². The lowest BCUT2D eigenvalue weighted by atomic mass is 10.1. The minimum Gasteiger partial charge on any atom is -0.497 e. The van der Waals surface area contributed by atoms with Crippen molar-refractivity contribution in [3.8, 4) is 17.2 Å². The molecule has 0 aliphatic carbocycles. The molecule has 2 aromatic carbocycles. The largest absolute Gasteiger partial charge is 0.497 e. The van der Waals surface area contributed by atoms with E-state index in [-0.39, 0.29) is 6.54 Å². The van der Waals surface area contributed by atoms with Crippen molar-refractivity contribution in [1.82, 2.24) is 10.6 Å². The highest BCUT2D eigenvalue weighted by atomic mass is 16.5. The number of benzene rings is 2. The average molecular weight is 387 g/mol. The van der Waals surface area contributed by atoms with Gasteiger partial charge in [-0.1, -0.05) is 18.2 Å². The second kappa shape index (κ2) is 11.0. The number of methoxy groups -OCH3 is 3. The monoisotopic (exact) mass is 387 g/mol. The SMILES string of the molecule is CCNC(=NCc1ccccc1OC)NCC(O)c1cc(OC)ccc1OC. The number of aliphatic hydroxyl groups is 1. The standard InChI is InChI=1S/C21H29N3O4/c1-5-22-21(23-13-15-8-6-7-9-19(15)27-3)24-14-18(25)17-12-16(26-2)10-11-20(17)28-4/h6-12,18,25H,5,13-14H2,1-4H3,(H2,22,23,24). The Kier molecular flexibility index (Phi) is 8.42. The van der Waals surface area contributed by atoms with Crippen molar-refractivity contribution in [2.75, 3.05) is 34.4 Å². The zero-order valence-electron chi connectivity index (χ0n) is 16.9. The van der Waals surface area contributed by atoms with Crippen LogP contribution in [0.3, 0.4) is 0 Å². The van der Waals surface area contributed by atoms with Crippen molar-refractivity contribution in [3.05, 3.63) is 53.6 Å². The van der Waals surface area contributed by atoms with Gasteiger partial charge in [0.25, 0.3) is 0 Å². The molecule has 152 valence electrons. The van der Waals surface area contributed by atoms with Crippen LogP contribution in [0.4, 0.5) is 0 Å². The van der Waals surface area contributed by atoms with Crippen LogP contribution in [-0.2, 0) is 6.54 Å². The first-order chi connectivity index (χ1) is 13.6. The molecule has 0 saturated heterocycles. The van der Waals surface area contributed by atoms with Gasteiger partial charge in [-0.25, -0.2) is 4.99 Å². The molecule has 1 unspecified atom stereocenters. The highest BCUT2D eigenvalue weighted by molar-refractivity contribution is 5.79. The first-order valence-electron chi connectivity index (χ1n) is 9.17. The zero-order valence-corrected chi connectivity index (χ0v) is 16.9. The predicted octanol–water partition coefficient (Wildman–Crippen LogP) is 2.50. The molecule has 0 aromatic heterocycles. The Morgan fingerprint density at radius 3 is 2.43 bits per heavy atom. The van der Waals surface area contributed by atoms with Crippen molar-refractivity contribution >= 4 is 5.96 Å². The minimum atomic E-state index is -0.792. The fourth-order valence-corrected chi connectivity index (χ4v) is 2.74. The van der Waals surface area contributed by atoms with E-state index in [0.29, 0.717) is 36.1 Å². The lowest BCUT2D eigenvalue weighted by molar-refractivity contribution is 0.176. The van der Waals surface area contributed by atoms with E-state index in [4.69, 9.17) is 14.2 Å². The molecule has 7 heteroatoms. The summed E-state index contributed by atoms with van der Waals surface area (Å²) in [6.07, 6.45) is -0.792. The molecule has 0 heterocycles. The molecule has 0 radical (unpaired) electrons. The van der Waals surface area contributed by atoms with Crippen molar-refractivity contribution in [1.29, 1.82) is 0 Å². The molecule has 3 N–H and O–H groups in total. The van der Waals surface area contributed by atoms with Crippen LogP contribution in [0.15, 0.2) is 47.5 Å². The molecule has 7 nitrogen and oxygen atoms in total. The van der Waals surface area contributed by atoms with Crippen LogP contribution in [0.5, 0.6) is 17.2 Å². The number of guanidine groups is 1. The van der Waals surface area contributed by atoms with Gasteiger partial charge in [-0.3, -0.25) is 0 Å². The number of nitrogens with zero attached hydrogens (tertiary/aromatic N) is 1. The fourth-order valence-electron chi connectivity index (χ4n) is 2.74. The van der Waals surface area contributed by atoms with Gasteiger partial charge in [-0.05, 0) is 31.2 Å². The number of para-hydroxylation sites is 1. The van der Waals surface area contributed by atoms with E-state index in [1.54, 1.807) is 39.5 Å². The van der Waals surface area contributed by atoms with Crippen molar-refractivity contribution in [2.24, 2.45) is 4.99 Å². The molecule has 28 heavy (non-hydrogen) atoms. The van der Waals surface area contributed by atoms with Crippen LogP contribution in [0.2, 0.25) is 0 Å². The van der Waals surface area contributed by atoms with E-state index in [0.717, 1.165) is 11.3 Å². The van der Waals surface area contributed by atoms with Crippen LogP contribution in [0.1, 0.15) is 24.2 Å². The Bertz CT molecular complexity index is 780. The van der Waals surface area contributed by atoms with Gasteiger partial charge in [-0.15, -0.1) is 0 Å². The summed E-state index contributed by atoms with van der Waals surface area (Å²) in [5, 5.41) is 17.0. The second-order valence-electron chi connectivity index (χ2n) is 6.01. The van der Waals surface area contributed by atoms with E-state index >= 15 is 0 Å². The van der Waals surface area contributed by atoms with Crippen LogP contribution in [-0.4, -0.2) is 45.5 Å². The van der Waals surface area contributed by atoms with Gasteiger partial charge in [0, 0.05) is 24.2 Å². The second-order valence-corrected chi connectivity index (χ2v) is 6.01. The number of rotatable bonds is 9. The third kappa shape index (κ3) is 5.79. The molecule has 0 bridgehead atoms. The first-order valence-corrected chi connectivity index (χ1v) is 9.17. The van der Waals surface area contributed by atoms with Gasteiger partial charge in [-0.2, -0.15) is 0 Å². The lowest BCUT2D eigenvalue weighted by Gasteiger charge is -2.18. The smallest absolute Gasteiger partial charge is 0.191 e. The first kappa shape index (κ1) is 21.4. The molecule has 0 amide bonds. The highest BCUT2D eigenvalue weighted by Gasteiger charge is 2.15. The van der Waals surface area contributed by atoms with E-state index in [9.17, 15) is 5.11 Å². The van der Waals surface area contributed by atoms with E-state index in [1.807, 2.05) is 31.2 Å². The summed E-state index contributed by atoms with van der Waals surface area (Å²) < 4.78 is 16.0. The van der Waals surface area contributed by atoms with Crippen molar-refractivity contribution in [3.63, 3.8) is 0 Å². The third-order valence-electron chi connectivity index (χ3n) is 4.20. The minimum absolute atomic E-state index is 0.265. The molecule has 2 rings (SSSR count). The van der Waals surface area contributed by atoms with Gasteiger partial charge in [0.2, 0.25) is 0 Å². The van der Waals surface area contributed by atoms with Crippen LogP contribution in [0.25, 0.3) is 0 Å². The number of nitrogens with one attached hydrogen (secondary N) is 2. The number of ether oxygens (including phenoxy) is 3. The zero-order chi connectivity index (χ0) is 20.4. The number of aliphatic hydroxyl groups excluding tert-OH is 1. The predicted molar refractivity (Wildman–Crippen MR) is 110 cm³/mol. The van der Waals surface area contributed by atoms with E-state index < -0.39 is 6.10 Å². The summed E-state index contributed by atoms with van der Waals surface area (Å²) in [4.78, 5) is 4.58. The molecule has 0 saturated carbocycles. The number of hydrogen-bond donors (Lipinski definition) is 3. The lowest BCUT2D eigenvalue weighted by Crippen LogP contribution is -2.39. The van der Waals surface area contributed by atoms with Crippen molar-refractivity contribution < 1.29 is 19.3 Å². The Morgan fingerprint density at radius 1 is 1.00 bits per heavy atom. The third-order valence-corrected chi connectivity index (χ3v) is 4.20. The van der Waals surface area contributed by atoms with Crippen molar-refractivity contribution in [2.45, 2.75) is 19.6 Å². The number of aliphatic imine (C=N–C) groups is 1. The molecule has 0 spiro atoms. The Balaban J connectivity index is 2.08. The van der Waals surface area contributed by atoms with Gasteiger partial charge in [0.15, 0.2) is 5.96 Å². The Hall–Kier alpha value is -2.93. The average Bonchev–Trinajstić information content (AvgIpc) is 2.75. The van der Waals surface area contributed by atoms with E-state index in [1.165, 1.54) is 0 Å². The molecule has 1 atom stereocenters. The summed E-state index contributed by atoms with van der Waals surface area (Å²) >= 11 is 0. The van der Waals surface area contributed by atoms with Crippen LogP contribution >= 0.6 is 0 Å². The van der Waals surface area contributed by atoms with Gasteiger partial charge >= 0.3 is 0 Å². The molecule has 0 fully saturated rings. The van der Waals surface area contributed by atoms with E-state index in [2.05, 4.69) is 15.6 Å². The highest BCUT2D eigenvalue weighted by Crippen LogP contribution is 2.29. The molecule has 0 aliphatic heterocycles. The molecular formula is C21H29N3O4. The van der Waals surface area contributed by atoms with Gasteiger partial charge in [0.1, 0.15) is 17.2 Å². The fraction of sp³-hybridized carbons (Fsp3) is 0.381. The Labute approximate surface area is 166 Å². The Morgan fingerprint density at radius 2 is 1.75 bits per heavy atom. The van der Waals surface area contributed by atoms with Gasteiger partial charge in [0.05, 0.1) is 34.0 Å². The number of hydrogen-bond acceptors (Lipinski definition) is 5. The van der Waals surface area contributed by atoms with Gasteiger partial charge < -0.3 is 30.0 Å². The quantitative estimate of drug-likeness (QED) is 0.453. The molecule has 0 aliphatic rings.